The molecule has 0 unspecified atom stereocenters. The molecule has 2 heterocycles. The first-order valence-electron chi connectivity index (χ1n) is 10.3. The molecule has 1 aliphatic rings. The van der Waals surface area contributed by atoms with Gasteiger partial charge in [0.15, 0.2) is 11.5 Å². The monoisotopic (exact) mass is 427 g/mol. The summed E-state index contributed by atoms with van der Waals surface area (Å²) < 4.78 is 0. The Bertz CT molecular complexity index is 958. The van der Waals surface area contributed by atoms with Gasteiger partial charge in [0.05, 0.1) is 11.7 Å². The van der Waals surface area contributed by atoms with E-state index < -0.39 is 12.0 Å². The van der Waals surface area contributed by atoms with Crippen molar-refractivity contribution in [1.82, 2.24) is 20.5 Å². The van der Waals surface area contributed by atoms with Crippen LogP contribution in [-0.4, -0.2) is 44.4 Å². The maximum absolute atomic E-state index is 11.9. The summed E-state index contributed by atoms with van der Waals surface area (Å²) in [4.78, 5) is 27.6. The number of aromatic nitrogens is 3. The van der Waals surface area contributed by atoms with Gasteiger partial charge in [-0.3, -0.25) is 4.79 Å². The number of nitrogens with zero attached hydrogens (tertiary/aromatic N) is 3. The van der Waals surface area contributed by atoms with Gasteiger partial charge in [0.25, 0.3) is 5.91 Å². The summed E-state index contributed by atoms with van der Waals surface area (Å²) in [5.41, 5.74) is 6.61. The van der Waals surface area contributed by atoms with Gasteiger partial charge in [0.1, 0.15) is 5.82 Å². The molecule has 31 heavy (non-hydrogen) atoms. The Morgan fingerprint density at radius 2 is 1.81 bits per heavy atom. The van der Waals surface area contributed by atoms with Crippen molar-refractivity contribution in [2.75, 3.05) is 10.6 Å². The Morgan fingerprint density at radius 1 is 1.10 bits per heavy atom. The summed E-state index contributed by atoms with van der Waals surface area (Å²) in [6, 6.07) is 6.90. The van der Waals surface area contributed by atoms with Gasteiger partial charge in [0.2, 0.25) is 0 Å². The van der Waals surface area contributed by atoms with E-state index in [1.165, 1.54) is 0 Å². The highest BCUT2D eigenvalue weighted by Gasteiger charge is 2.27. The summed E-state index contributed by atoms with van der Waals surface area (Å²) in [6.45, 7) is 6.20. The van der Waals surface area contributed by atoms with Gasteiger partial charge in [-0.2, -0.15) is 0 Å². The number of anilines is 3. The third-order valence-electron chi connectivity index (χ3n) is 5.22. The van der Waals surface area contributed by atoms with E-state index >= 15 is 0 Å². The molecule has 2 aromatic heterocycles. The van der Waals surface area contributed by atoms with Gasteiger partial charge in [-0.25, -0.2) is 9.78 Å². The molecule has 10 heteroatoms. The van der Waals surface area contributed by atoms with Crippen LogP contribution in [0.25, 0.3) is 0 Å². The van der Waals surface area contributed by atoms with Crippen molar-refractivity contribution in [1.29, 1.82) is 0 Å². The summed E-state index contributed by atoms with van der Waals surface area (Å²) >= 11 is 0. The Hall–Kier alpha value is -3.43. The quantitative estimate of drug-likeness (QED) is 0.471. The van der Waals surface area contributed by atoms with Crippen molar-refractivity contribution in [3.8, 4) is 0 Å². The standard InChI is InChI=1S/C21H29N7O3/c1-21(2,3)15-9-6-10-16(26-15)24-14-11-17(27-28-18(14)19(22)29)23-12-7-4-5-8-13(12)25-20(30)31/h6,9-13,25H,4-5,7-8H2,1-3H3,(H2,22,29)(H,30,31)(H2,23,24,26,27)/t12-,13+/m1/s1. The molecule has 10 nitrogen and oxygen atoms in total. The smallest absolute Gasteiger partial charge is 0.404 e. The zero-order valence-corrected chi connectivity index (χ0v) is 18.0. The van der Waals surface area contributed by atoms with Crippen LogP contribution < -0.4 is 21.7 Å². The van der Waals surface area contributed by atoms with Gasteiger partial charge >= 0.3 is 6.09 Å². The van der Waals surface area contributed by atoms with Crippen molar-refractivity contribution < 1.29 is 14.7 Å². The number of pyridine rings is 1. The number of carbonyl (C=O) groups excluding carboxylic acids is 1. The topological polar surface area (TPSA) is 155 Å². The fourth-order valence-corrected chi connectivity index (χ4v) is 3.62. The fraction of sp³-hybridized carbons (Fsp3) is 0.476. The number of hydrogen-bond donors (Lipinski definition) is 5. The van der Waals surface area contributed by atoms with Gasteiger partial charge in [-0.15, -0.1) is 10.2 Å². The van der Waals surface area contributed by atoms with Crippen molar-refractivity contribution in [2.24, 2.45) is 5.73 Å². The molecule has 166 valence electrons. The number of nitrogens with one attached hydrogen (secondary N) is 3. The normalized spacial score (nSPS) is 18.8. The Kier molecular flexibility index (Phi) is 6.57. The average molecular weight is 428 g/mol. The van der Waals surface area contributed by atoms with Crippen LogP contribution in [-0.2, 0) is 5.41 Å². The van der Waals surface area contributed by atoms with Crippen molar-refractivity contribution in [3.63, 3.8) is 0 Å². The van der Waals surface area contributed by atoms with Crippen molar-refractivity contribution in [2.45, 2.75) is 64.0 Å². The number of rotatable bonds is 6. The number of primary amides is 1. The lowest BCUT2D eigenvalue weighted by atomic mass is 9.90. The molecule has 1 fully saturated rings. The van der Waals surface area contributed by atoms with E-state index in [2.05, 4.69) is 51.9 Å². The number of amides is 2. The lowest BCUT2D eigenvalue weighted by Crippen LogP contribution is -2.48. The Labute approximate surface area is 181 Å². The van der Waals surface area contributed by atoms with Crippen LogP contribution in [0.3, 0.4) is 0 Å². The van der Waals surface area contributed by atoms with Crippen molar-refractivity contribution >= 4 is 29.3 Å². The maximum Gasteiger partial charge on any atom is 0.404 e. The second kappa shape index (κ2) is 9.15. The zero-order chi connectivity index (χ0) is 22.6. The van der Waals surface area contributed by atoms with E-state index in [0.29, 0.717) is 17.3 Å². The largest absolute Gasteiger partial charge is 0.465 e. The molecule has 0 bridgehead atoms. The van der Waals surface area contributed by atoms with Gasteiger partial charge in [0, 0.05) is 23.2 Å². The van der Waals surface area contributed by atoms with Crippen LogP contribution in [0.1, 0.15) is 62.6 Å². The number of nitrogens with two attached hydrogens (primary N) is 1. The molecule has 6 N–H and O–H groups in total. The van der Waals surface area contributed by atoms with Gasteiger partial charge < -0.3 is 26.8 Å². The van der Waals surface area contributed by atoms with Crippen LogP contribution in [0.15, 0.2) is 24.3 Å². The molecule has 0 saturated heterocycles. The van der Waals surface area contributed by atoms with Crippen LogP contribution in [0.5, 0.6) is 0 Å². The Morgan fingerprint density at radius 3 is 2.45 bits per heavy atom. The molecule has 1 saturated carbocycles. The van der Waals surface area contributed by atoms with Crippen molar-refractivity contribution in [3.05, 3.63) is 35.7 Å². The number of carbonyl (C=O) groups is 2. The molecule has 0 spiro atoms. The molecule has 2 amide bonds. The third kappa shape index (κ3) is 5.80. The first-order valence-corrected chi connectivity index (χ1v) is 10.3. The minimum atomic E-state index is -1.05. The highest BCUT2D eigenvalue weighted by Crippen LogP contribution is 2.26. The molecule has 2 atom stereocenters. The van der Waals surface area contributed by atoms with Crippen LogP contribution >= 0.6 is 0 Å². The zero-order valence-electron chi connectivity index (χ0n) is 18.0. The van der Waals surface area contributed by atoms with Crippen LogP contribution in [0, 0.1) is 0 Å². The summed E-state index contributed by atoms with van der Waals surface area (Å²) in [5, 5.41) is 26.1. The summed E-state index contributed by atoms with van der Waals surface area (Å²) in [5.74, 6) is 0.261. The van der Waals surface area contributed by atoms with Gasteiger partial charge in [-0.05, 0) is 25.0 Å². The Balaban J connectivity index is 1.86. The average Bonchev–Trinajstić information content (AvgIpc) is 2.69. The van der Waals surface area contributed by atoms with Crippen LogP contribution in [0.4, 0.5) is 22.1 Å². The summed E-state index contributed by atoms with van der Waals surface area (Å²) in [6.07, 6.45) is 2.42. The highest BCUT2D eigenvalue weighted by molar-refractivity contribution is 5.97. The second-order valence-corrected chi connectivity index (χ2v) is 8.73. The molecule has 0 aromatic carbocycles. The maximum atomic E-state index is 11.9. The fourth-order valence-electron chi connectivity index (χ4n) is 3.62. The molecular weight excluding hydrogens is 398 g/mol. The van der Waals surface area contributed by atoms with E-state index in [4.69, 9.17) is 10.8 Å². The molecule has 3 rings (SSSR count). The molecule has 0 radical (unpaired) electrons. The second-order valence-electron chi connectivity index (χ2n) is 8.73. The van der Waals surface area contributed by atoms with E-state index in [9.17, 15) is 9.59 Å². The number of carboxylic acid groups (broad SMARTS) is 1. The minimum absolute atomic E-state index is 0.00244. The van der Waals surface area contributed by atoms with E-state index in [1.54, 1.807) is 12.1 Å². The van der Waals surface area contributed by atoms with E-state index in [0.717, 1.165) is 31.4 Å². The first kappa shape index (κ1) is 22.3. The van der Waals surface area contributed by atoms with E-state index in [1.807, 2.05) is 12.1 Å². The molecule has 2 aromatic rings. The minimum Gasteiger partial charge on any atom is -0.465 e. The summed E-state index contributed by atoms with van der Waals surface area (Å²) in [7, 11) is 0. The third-order valence-corrected chi connectivity index (χ3v) is 5.22. The van der Waals surface area contributed by atoms with Crippen LogP contribution in [0.2, 0.25) is 0 Å². The SMILES string of the molecule is CC(C)(C)c1cccc(Nc2cc(N[C@@H]3CCCC[C@@H]3NC(=O)O)nnc2C(N)=O)n1. The van der Waals surface area contributed by atoms with Gasteiger partial charge in [-0.1, -0.05) is 39.7 Å². The molecular formula is C21H29N7O3. The number of hydrogen-bond acceptors (Lipinski definition) is 7. The lowest BCUT2D eigenvalue weighted by molar-refractivity contribution is 0.0995. The lowest BCUT2D eigenvalue weighted by Gasteiger charge is -2.32. The highest BCUT2D eigenvalue weighted by atomic mass is 16.4. The first-order chi connectivity index (χ1) is 14.6. The van der Waals surface area contributed by atoms with E-state index in [-0.39, 0.29) is 23.2 Å². The molecule has 0 aliphatic heterocycles. The predicted molar refractivity (Wildman–Crippen MR) is 118 cm³/mol. The predicted octanol–water partition coefficient (Wildman–Crippen LogP) is 3.00. The molecule has 1 aliphatic carbocycles.